The number of thioether (sulfide) groups is 1. The largest absolute Gasteiger partial charge is 0.497 e. The lowest BCUT2D eigenvalue weighted by Gasteiger charge is -2.18. The van der Waals surface area contributed by atoms with E-state index in [9.17, 15) is 4.79 Å². The van der Waals surface area contributed by atoms with Crippen LogP contribution < -0.4 is 4.74 Å². The van der Waals surface area contributed by atoms with Crippen LogP contribution in [0.15, 0.2) is 35.6 Å². The van der Waals surface area contributed by atoms with Crippen LogP contribution >= 0.6 is 11.8 Å². The second kappa shape index (κ2) is 6.67. The summed E-state index contributed by atoms with van der Waals surface area (Å²) in [7, 11) is 1.64. The van der Waals surface area contributed by atoms with E-state index in [0.29, 0.717) is 0 Å². The molecule has 0 fully saturated rings. The Morgan fingerprint density at radius 2 is 2.10 bits per heavy atom. The van der Waals surface area contributed by atoms with Gasteiger partial charge in [0.25, 0.3) is 0 Å². The summed E-state index contributed by atoms with van der Waals surface area (Å²) in [6.45, 7) is 4.04. The fraction of sp³-hybridized carbons (Fsp3) is 0.333. The maximum atomic E-state index is 10.7. The van der Waals surface area contributed by atoms with Gasteiger partial charge in [-0.05, 0) is 31.5 Å². The first-order valence-electron chi connectivity index (χ1n) is 6.55. The van der Waals surface area contributed by atoms with E-state index in [1.807, 2.05) is 31.2 Å². The van der Waals surface area contributed by atoms with Crippen molar-refractivity contribution in [2.75, 3.05) is 12.9 Å². The van der Waals surface area contributed by atoms with Crippen molar-refractivity contribution < 1.29 is 14.6 Å². The van der Waals surface area contributed by atoms with E-state index in [1.54, 1.807) is 13.3 Å². The lowest BCUT2D eigenvalue weighted by Crippen LogP contribution is -2.11. The quantitative estimate of drug-likeness (QED) is 0.831. The van der Waals surface area contributed by atoms with Gasteiger partial charge in [0.15, 0.2) is 5.16 Å². The van der Waals surface area contributed by atoms with Gasteiger partial charge in [0, 0.05) is 11.9 Å². The number of hydrogen-bond donors (Lipinski definition) is 1. The summed E-state index contributed by atoms with van der Waals surface area (Å²) in [6.07, 6.45) is 1.77. The number of carboxylic acids is 1. The Labute approximate surface area is 128 Å². The predicted molar refractivity (Wildman–Crippen MR) is 82.1 cm³/mol. The second-order valence-corrected chi connectivity index (χ2v) is 5.63. The SMILES string of the molecule is COc1ccc(C(C)n2c(C)cnc2SCC(=O)O)cc1. The van der Waals surface area contributed by atoms with Gasteiger partial charge in [-0.1, -0.05) is 23.9 Å². The molecular formula is C15H18N2O3S. The molecule has 112 valence electrons. The number of ether oxygens (including phenoxy) is 1. The van der Waals surface area contributed by atoms with Crippen molar-refractivity contribution in [2.45, 2.75) is 25.0 Å². The third kappa shape index (κ3) is 3.58. The molecule has 0 saturated carbocycles. The Bertz CT molecular complexity index is 622. The molecular weight excluding hydrogens is 288 g/mol. The normalized spacial score (nSPS) is 12.1. The fourth-order valence-corrected chi connectivity index (χ4v) is 2.98. The number of aliphatic carboxylic acids is 1. The molecule has 2 rings (SSSR count). The minimum atomic E-state index is -0.843. The number of nitrogens with zero attached hydrogens (tertiary/aromatic N) is 2. The highest BCUT2D eigenvalue weighted by molar-refractivity contribution is 7.99. The first-order valence-corrected chi connectivity index (χ1v) is 7.54. The van der Waals surface area contributed by atoms with Crippen molar-refractivity contribution >= 4 is 17.7 Å². The Morgan fingerprint density at radius 3 is 2.67 bits per heavy atom. The minimum absolute atomic E-state index is 0.00574. The summed E-state index contributed by atoms with van der Waals surface area (Å²) < 4.78 is 7.21. The number of hydrogen-bond acceptors (Lipinski definition) is 4. The maximum Gasteiger partial charge on any atom is 0.313 e. The van der Waals surface area contributed by atoms with Crippen molar-refractivity contribution in [3.63, 3.8) is 0 Å². The zero-order chi connectivity index (χ0) is 15.4. The average Bonchev–Trinajstić information content (AvgIpc) is 2.85. The highest BCUT2D eigenvalue weighted by Gasteiger charge is 2.16. The van der Waals surface area contributed by atoms with Gasteiger partial charge in [0.1, 0.15) is 5.75 Å². The van der Waals surface area contributed by atoms with E-state index in [4.69, 9.17) is 9.84 Å². The molecule has 1 aromatic heterocycles. The Hall–Kier alpha value is -1.95. The Morgan fingerprint density at radius 1 is 1.43 bits per heavy atom. The Kier molecular flexibility index (Phi) is 4.90. The molecule has 0 saturated heterocycles. The first-order chi connectivity index (χ1) is 10.0. The molecule has 1 aromatic carbocycles. The van der Waals surface area contributed by atoms with Crippen molar-refractivity contribution in [3.05, 3.63) is 41.7 Å². The Balaban J connectivity index is 2.26. The molecule has 21 heavy (non-hydrogen) atoms. The highest BCUT2D eigenvalue weighted by Crippen LogP contribution is 2.28. The van der Waals surface area contributed by atoms with Crippen LogP contribution in [0.1, 0.15) is 24.2 Å². The third-order valence-electron chi connectivity index (χ3n) is 3.26. The molecule has 0 aliphatic rings. The van der Waals surface area contributed by atoms with E-state index in [1.165, 1.54) is 11.8 Å². The predicted octanol–water partition coefficient (Wildman–Crippen LogP) is 2.99. The molecule has 2 aromatic rings. The summed E-state index contributed by atoms with van der Waals surface area (Å²) in [5.74, 6) is -0.0238. The molecule has 0 radical (unpaired) electrons. The summed E-state index contributed by atoms with van der Waals surface area (Å²) in [5, 5.41) is 9.53. The smallest absolute Gasteiger partial charge is 0.313 e. The molecule has 0 bridgehead atoms. The van der Waals surface area contributed by atoms with Crippen molar-refractivity contribution in [1.29, 1.82) is 0 Å². The standard InChI is InChI=1S/C15H18N2O3S/c1-10-8-16-15(21-9-14(18)19)17(10)11(2)12-4-6-13(20-3)7-5-12/h4-8,11H,9H2,1-3H3,(H,18,19). The number of carboxylic acid groups (broad SMARTS) is 1. The van der Waals surface area contributed by atoms with Crippen LogP contribution in [0.3, 0.4) is 0 Å². The van der Waals surface area contributed by atoms with Gasteiger partial charge in [-0.15, -0.1) is 0 Å². The van der Waals surface area contributed by atoms with Gasteiger partial charge in [0.05, 0.1) is 18.9 Å². The lowest BCUT2D eigenvalue weighted by atomic mass is 10.1. The molecule has 0 spiro atoms. The minimum Gasteiger partial charge on any atom is -0.497 e. The van der Waals surface area contributed by atoms with Gasteiger partial charge in [-0.3, -0.25) is 4.79 Å². The van der Waals surface area contributed by atoms with Crippen molar-refractivity contribution in [1.82, 2.24) is 9.55 Å². The fourth-order valence-electron chi connectivity index (χ4n) is 2.16. The van der Waals surface area contributed by atoms with E-state index in [0.717, 1.165) is 22.2 Å². The zero-order valence-corrected chi connectivity index (χ0v) is 13.1. The van der Waals surface area contributed by atoms with E-state index in [-0.39, 0.29) is 11.8 Å². The van der Waals surface area contributed by atoms with Gasteiger partial charge in [-0.2, -0.15) is 0 Å². The number of aromatic nitrogens is 2. The average molecular weight is 306 g/mol. The molecule has 0 amide bonds. The summed E-state index contributed by atoms with van der Waals surface area (Å²) in [4.78, 5) is 15.0. The monoisotopic (exact) mass is 306 g/mol. The number of aryl methyl sites for hydroxylation is 1. The third-order valence-corrected chi connectivity index (χ3v) is 4.21. The van der Waals surface area contributed by atoms with Gasteiger partial charge >= 0.3 is 5.97 Å². The molecule has 1 unspecified atom stereocenters. The lowest BCUT2D eigenvalue weighted by molar-refractivity contribution is -0.133. The molecule has 1 atom stereocenters. The zero-order valence-electron chi connectivity index (χ0n) is 12.2. The van der Waals surface area contributed by atoms with E-state index in [2.05, 4.69) is 16.5 Å². The van der Waals surface area contributed by atoms with Crippen LogP contribution in [0, 0.1) is 6.92 Å². The number of rotatable bonds is 6. The number of methoxy groups -OCH3 is 1. The van der Waals surface area contributed by atoms with Gasteiger partial charge < -0.3 is 14.4 Å². The van der Waals surface area contributed by atoms with Crippen LogP contribution in [0.4, 0.5) is 0 Å². The maximum absolute atomic E-state index is 10.7. The van der Waals surface area contributed by atoms with Crippen LogP contribution in [-0.2, 0) is 4.79 Å². The molecule has 0 aliphatic heterocycles. The van der Waals surface area contributed by atoms with Crippen LogP contribution in [-0.4, -0.2) is 33.5 Å². The molecule has 5 nitrogen and oxygen atoms in total. The number of benzene rings is 1. The molecule has 0 aliphatic carbocycles. The molecule has 1 heterocycles. The van der Waals surface area contributed by atoms with Crippen LogP contribution in [0.25, 0.3) is 0 Å². The second-order valence-electron chi connectivity index (χ2n) is 4.68. The number of imidazole rings is 1. The summed E-state index contributed by atoms with van der Waals surface area (Å²) >= 11 is 1.23. The van der Waals surface area contributed by atoms with Crippen molar-refractivity contribution in [2.24, 2.45) is 0 Å². The van der Waals surface area contributed by atoms with Crippen molar-refractivity contribution in [3.8, 4) is 5.75 Å². The summed E-state index contributed by atoms with van der Waals surface area (Å²) in [6, 6.07) is 7.93. The molecule has 1 N–H and O–H groups in total. The van der Waals surface area contributed by atoms with Gasteiger partial charge in [0.2, 0.25) is 0 Å². The molecule has 6 heteroatoms. The summed E-state index contributed by atoms with van der Waals surface area (Å²) in [5.41, 5.74) is 2.13. The van der Waals surface area contributed by atoms with Gasteiger partial charge in [-0.25, -0.2) is 4.98 Å². The van der Waals surface area contributed by atoms with E-state index < -0.39 is 5.97 Å². The first kappa shape index (κ1) is 15.4. The number of carbonyl (C=O) groups is 1. The van der Waals surface area contributed by atoms with E-state index >= 15 is 0 Å². The highest BCUT2D eigenvalue weighted by atomic mass is 32.2. The van der Waals surface area contributed by atoms with Crippen LogP contribution in [0.2, 0.25) is 0 Å². The topological polar surface area (TPSA) is 64.4 Å². The van der Waals surface area contributed by atoms with Crippen LogP contribution in [0.5, 0.6) is 5.75 Å².